The lowest BCUT2D eigenvalue weighted by Gasteiger charge is -2.34. The summed E-state index contributed by atoms with van der Waals surface area (Å²) in [6, 6.07) is 6.74. The van der Waals surface area contributed by atoms with E-state index in [9.17, 15) is 18.0 Å². The van der Waals surface area contributed by atoms with Crippen molar-refractivity contribution >= 4 is 5.78 Å². The van der Waals surface area contributed by atoms with Crippen molar-refractivity contribution in [1.29, 1.82) is 0 Å². The highest BCUT2D eigenvalue weighted by Gasteiger charge is 2.35. The maximum atomic E-state index is 14.7. The molecule has 1 aromatic heterocycles. The van der Waals surface area contributed by atoms with E-state index in [0.29, 0.717) is 18.4 Å². The Morgan fingerprint density at radius 3 is 2.59 bits per heavy atom. The van der Waals surface area contributed by atoms with Crippen LogP contribution in [-0.2, 0) is 17.9 Å². The third-order valence-corrected chi connectivity index (χ3v) is 5.25. The summed E-state index contributed by atoms with van der Waals surface area (Å²) >= 11 is 0. The second kappa shape index (κ2) is 7.46. The van der Waals surface area contributed by atoms with Gasteiger partial charge in [-0.3, -0.25) is 9.69 Å². The number of rotatable bonds is 4. The number of halogens is 3. The molecule has 2 unspecified atom stereocenters. The molecule has 29 heavy (non-hydrogen) atoms. The molecule has 2 heterocycles. The van der Waals surface area contributed by atoms with Crippen molar-refractivity contribution in [3.63, 3.8) is 0 Å². The van der Waals surface area contributed by atoms with E-state index < -0.39 is 29.5 Å². The zero-order chi connectivity index (χ0) is 20.7. The number of fused-ring (bicyclic) bond motifs is 3. The van der Waals surface area contributed by atoms with Crippen LogP contribution >= 0.6 is 0 Å². The van der Waals surface area contributed by atoms with E-state index >= 15 is 0 Å². The minimum Gasteiger partial charge on any atom is -0.320 e. The van der Waals surface area contributed by atoms with Gasteiger partial charge in [-0.15, -0.1) is 0 Å². The lowest BCUT2D eigenvalue weighted by atomic mass is 9.94. The fourth-order valence-corrected chi connectivity index (χ4v) is 3.81. The van der Waals surface area contributed by atoms with Gasteiger partial charge in [0.05, 0.1) is 24.3 Å². The van der Waals surface area contributed by atoms with Gasteiger partial charge in [-0.25, -0.2) is 18.2 Å². The number of imidazole rings is 1. The van der Waals surface area contributed by atoms with Crippen LogP contribution in [0.4, 0.5) is 13.2 Å². The summed E-state index contributed by atoms with van der Waals surface area (Å²) in [7, 11) is 0. The average molecular weight is 400 g/mol. The Morgan fingerprint density at radius 1 is 1.10 bits per heavy atom. The molecule has 0 saturated heterocycles. The number of carbonyl (C=O) groups is 1. The molecule has 0 spiro atoms. The predicted molar refractivity (Wildman–Crippen MR) is 101 cm³/mol. The third-order valence-electron chi connectivity index (χ3n) is 5.25. The molecule has 3 aromatic rings. The SMILES string of the molecule is CC(=O)C(N)C(c1cc(F)c(F)cc1F)N1Cc2ccccc2-n2ccnc2C1. The van der Waals surface area contributed by atoms with Gasteiger partial charge < -0.3 is 10.3 Å². The Kier molecular flexibility index (Phi) is 4.97. The Balaban J connectivity index is 1.86. The number of hydrogen-bond acceptors (Lipinski definition) is 4. The number of nitrogens with zero attached hydrogens (tertiary/aromatic N) is 3. The topological polar surface area (TPSA) is 64.2 Å². The molecule has 0 radical (unpaired) electrons. The highest BCUT2D eigenvalue weighted by molar-refractivity contribution is 5.82. The number of para-hydroxylation sites is 1. The fraction of sp³-hybridized carbons (Fsp3) is 0.238. The smallest absolute Gasteiger partial charge is 0.161 e. The van der Waals surface area contributed by atoms with Crippen molar-refractivity contribution < 1.29 is 18.0 Å². The Morgan fingerprint density at radius 2 is 1.83 bits per heavy atom. The number of Topliss-reactive ketones (excluding diaryl/α,β-unsaturated/α-hetero) is 1. The second-order valence-corrected chi connectivity index (χ2v) is 7.12. The number of hydrogen-bond donors (Lipinski definition) is 1. The van der Waals surface area contributed by atoms with E-state index in [-0.39, 0.29) is 17.9 Å². The number of benzene rings is 2. The highest BCUT2D eigenvalue weighted by Crippen LogP contribution is 2.34. The van der Waals surface area contributed by atoms with Crippen LogP contribution in [0.15, 0.2) is 48.8 Å². The van der Waals surface area contributed by atoms with Crippen LogP contribution in [0.5, 0.6) is 0 Å². The molecule has 1 aliphatic heterocycles. The molecule has 0 saturated carbocycles. The molecule has 0 fully saturated rings. The fourth-order valence-electron chi connectivity index (χ4n) is 3.81. The summed E-state index contributed by atoms with van der Waals surface area (Å²) in [5, 5.41) is 0. The molecular formula is C21H19F3N4O. The van der Waals surface area contributed by atoms with Crippen LogP contribution in [0, 0.1) is 17.5 Å². The van der Waals surface area contributed by atoms with Gasteiger partial charge in [-0.1, -0.05) is 18.2 Å². The van der Waals surface area contributed by atoms with Crippen molar-refractivity contribution in [1.82, 2.24) is 14.5 Å². The van der Waals surface area contributed by atoms with Gasteiger partial charge >= 0.3 is 0 Å². The van der Waals surface area contributed by atoms with E-state index in [4.69, 9.17) is 5.73 Å². The van der Waals surface area contributed by atoms with Gasteiger partial charge in [0.2, 0.25) is 0 Å². The monoisotopic (exact) mass is 400 g/mol. The van der Waals surface area contributed by atoms with Crippen molar-refractivity contribution in [2.24, 2.45) is 5.73 Å². The normalized spacial score (nSPS) is 15.9. The standard InChI is InChI=1S/C21H19F3N4O/c1-12(29)20(25)21(14-8-16(23)17(24)9-15(14)22)27-10-13-4-2-3-5-18(13)28-7-6-26-19(28)11-27/h2-9,20-21H,10-11,25H2,1H3. The highest BCUT2D eigenvalue weighted by atomic mass is 19.2. The van der Waals surface area contributed by atoms with Crippen molar-refractivity contribution in [3.8, 4) is 5.69 Å². The minimum absolute atomic E-state index is 0.163. The van der Waals surface area contributed by atoms with Crippen molar-refractivity contribution in [3.05, 3.63) is 83.2 Å². The maximum absolute atomic E-state index is 14.7. The first-order chi connectivity index (χ1) is 13.9. The van der Waals surface area contributed by atoms with E-state index in [2.05, 4.69) is 4.98 Å². The van der Waals surface area contributed by atoms with E-state index in [1.54, 1.807) is 11.1 Å². The van der Waals surface area contributed by atoms with Crippen LogP contribution in [0.3, 0.4) is 0 Å². The summed E-state index contributed by atoms with van der Waals surface area (Å²) in [5.74, 6) is -3.16. The predicted octanol–water partition coefficient (Wildman–Crippen LogP) is 3.26. The molecule has 5 nitrogen and oxygen atoms in total. The maximum Gasteiger partial charge on any atom is 0.161 e. The molecule has 2 aromatic carbocycles. The molecule has 0 bridgehead atoms. The van der Waals surface area contributed by atoms with Crippen LogP contribution in [0.1, 0.15) is 29.9 Å². The van der Waals surface area contributed by atoms with Gasteiger partial charge in [-0.05, 0) is 24.6 Å². The van der Waals surface area contributed by atoms with E-state index in [0.717, 1.165) is 17.3 Å². The Labute approximate surface area is 165 Å². The quantitative estimate of drug-likeness (QED) is 0.683. The van der Waals surface area contributed by atoms with Crippen LogP contribution < -0.4 is 5.73 Å². The molecule has 2 atom stereocenters. The van der Waals surface area contributed by atoms with Crippen molar-refractivity contribution in [2.45, 2.75) is 32.1 Å². The van der Waals surface area contributed by atoms with Gasteiger partial charge in [0.1, 0.15) is 17.4 Å². The first-order valence-electron chi connectivity index (χ1n) is 9.12. The molecule has 0 amide bonds. The first-order valence-corrected chi connectivity index (χ1v) is 9.12. The lowest BCUT2D eigenvalue weighted by Crippen LogP contribution is -2.44. The summed E-state index contributed by atoms with van der Waals surface area (Å²) in [6.45, 7) is 1.86. The van der Waals surface area contributed by atoms with Crippen LogP contribution in [-0.4, -0.2) is 26.3 Å². The van der Waals surface area contributed by atoms with Crippen LogP contribution in [0.2, 0.25) is 0 Å². The average Bonchev–Trinajstić information content (AvgIpc) is 3.08. The summed E-state index contributed by atoms with van der Waals surface area (Å²) in [5.41, 5.74) is 7.80. The van der Waals surface area contributed by atoms with Gasteiger partial charge in [0.25, 0.3) is 0 Å². The second-order valence-electron chi connectivity index (χ2n) is 7.12. The minimum atomic E-state index is -1.29. The zero-order valence-electron chi connectivity index (χ0n) is 15.6. The zero-order valence-corrected chi connectivity index (χ0v) is 15.6. The third kappa shape index (κ3) is 3.45. The largest absolute Gasteiger partial charge is 0.320 e. The van der Waals surface area contributed by atoms with Crippen LogP contribution in [0.25, 0.3) is 5.69 Å². The molecule has 150 valence electrons. The number of aromatic nitrogens is 2. The summed E-state index contributed by atoms with van der Waals surface area (Å²) < 4.78 is 44.0. The lowest BCUT2D eigenvalue weighted by molar-refractivity contribution is -0.120. The number of ketones is 1. The van der Waals surface area contributed by atoms with E-state index in [1.807, 2.05) is 35.0 Å². The number of nitrogens with two attached hydrogens (primary N) is 1. The molecular weight excluding hydrogens is 381 g/mol. The molecule has 1 aliphatic rings. The first kappa shape index (κ1) is 19.4. The molecule has 4 rings (SSSR count). The number of carbonyl (C=O) groups excluding carboxylic acids is 1. The van der Waals surface area contributed by atoms with Crippen molar-refractivity contribution in [2.75, 3.05) is 0 Å². The summed E-state index contributed by atoms with van der Waals surface area (Å²) in [6.07, 6.45) is 3.46. The molecule has 0 aliphatic carbocycles. The van der Waals surface area contributed by atoms with Gasteiger partial charge in [0, 0.05) is 30.6 Å². The molecule has 8 heteroatoms. The Hall–Kier alpha value is -2.97. The van der Waals surface area contributed by atoms with Gasteiger partial charge in [0.15, 0.2) is 11.6 Å². The summed E-state index contributed by atoms with van der Waals surface area (Å²) in [4.78, 5) is 18.3. The molecule has 2 N–H and O–H groups in total. The van der Waals surface area contributed by atoms with E-state index in [1.165, 1.54) is 6.92 Å². The van der Waals surface area contributed by atoms with Gasteiger partial charge in [-0.2, -0.15) is 0 Å². The Bertz CT molecular complexity index is 1080.